The van der Waals surface area contributed by atoms with E-state index in [0.717, 1.165) is 42.9 Å². The highest BCUT2D eigenvalue weighted by Gasteiger charge is 2.45. The summed E-state index contributed by atoms with van der Waals surface area (Å²) in [5.41, 5.74) is 1.68. The summed E-state index contributed by atoms with van der Waals surface area (Å²) in [4.78, 5) is 6.95. The molecule has 2 saturated heterocycles. The molecule has 2 aliphatic rings. The summed E-state index contributed by atoms with van der Waals surface area (Å²) < 4.78 is 7.63. The average Bonchev–Trinajstić information content (AvgIpc) is 3.14. The molecule has 7 nitrogen and oxygen atoms in total. The first-order valence-corrected chi connectivity index (χ1v) is 8.55. The maximum absolute atomic E-state index is 10.5. The van der Waals surface area contributed by atoms with Crippen LogP contribution in [0.15, 0.2) is 24.3 Å². The maximum Gasteiger partial charge on any atom is 0.208 e. The first-order chi connectivity index (χ1) is 11.7. The van der Waals surface area contributed by atoms with Gasteiger partial charge in [-0.1, -0.05) is 12.1 Å². The lowest BCUT2D eigenvalue weighted by Crippen LogP contribution is -2.35. The second-order valence-electron chi connectivity index (χ2n) is 6.55. The number of benzene rings is 1. The summed E-state index contributed by atoms with van der Waals surface area (Å²) in [6.07, 6.45) is -0.344. The van der Waals surface area contributed by atoms with Gasteiger partial charge in [0, 0.05) is 13.1 Å². The van der Waals surface area contributed by atoms with Crippen molar-refractivity contribution in [2.45, 2.75) is 43.8 Å². The van der Waals surface area contributed by atoms with Crippen molar-refractivity contribution < 1.29 is 20.1 Å². The number of anilines is 1. The van der Waals surface area contributed by atoms with Crippen LogP contribution in [0.4, 0.5) is 5.95 Å². The molecule has 1 aromatic carbocycles. The lowest BCUT2D eigenvalue weighted by atomic mass is 10.1. The van der Waals surface area contributed by atoms with Gasteiger partial charge in [-0.15, -0.1) is 0 Å². The highest BCUT2D eigenvalue weighted by atomic mass is 16.6. The molecule has 0 amide bonds. The first-order valence-electron chi connectivity index (χ1n) is 8.55. The predicted octanol–water partition coefficient (Wildman–Crippen LogP) is 0.638. The third kappa shape index (κ3) is 2.48. The Morgan fingerprint density at radius 3 is 2.54 bits per heavy atom. The molecule has 0 spiro atoms. The second kappa shape index (κ2) is 6.33. The molecule has 7 heteroatoms. The van der Waals surface area contributed by atoms with E-state index in [-0.39, 0.29) is 6.61 Å². The summed E-state index contributed by atoms with van der Waals surface area (Å²) in [6.45, 7) is 1.50. The van der Waals surface area contributed by atoms with Crippen LogP contribution in [-0.2, 0) is 4.74 Å². The Hall–Kier alpha value is -1.67. The number of nitrogens with zero attached hydrogens (tertiary/aromatic N) is 3. The fourth-order valence-electron chi connectivity index (χ4n) is 3.69. The number of para-hydroxylation sites is 2. The van der Waals surface area contributed by atoms with Crippen LogP contribution in [0.3, 0.4) is 0 Å². The van der Waals surface area contributed by atoms with Gasteiger partial charge < -0.3 is 25.0 Å². The van der Waals surface area contributed by atoms with Crippen molar-refractivity contribution in [3.05, 3.63) is 24.3 Å². The number of aliphatic hydroxyl groups is 3. The van der Waals surface area contributed by atoms with Gasteiger partial charge in [-0.2, -0.15) is 0 Å². The summed E-state index contributed by atoms with van der Waals surface area (Å²) in [5.74, 6) is 0.755. The normalized spacial score (nSPS) is 31.0. The number of hydrogen-bond donors (Lipinski definition) is 3. The molecule has 130 valence electrons. The van der Waals surface area contributed by atoms with Crippen molar-refractivity contribution in [2.24, 2.45) is 0 Å². The van der Waals surface area contributed by atoms with E-state index < -0.39 is 24.5 Å². The number of aliphatic hydroxyl groups excluding tert-OH is 3. The number of piperidine rings is 1. The van der Waals surface area contributed by atoms with Crippen LogP contribution in [-0.4, -0.2) is 62.9 Å². The highest BCUT2D eigenvalue weighted by Crippen LogP contribution is 2.36. The summed E-state index contributed by atoms with van der Waals surface area (Å²) in [7, 11) is 0. The number of rotatable bonds is 3. The van der Waals surface area contributed by atoms with Crippen molar-refractivity contribution in [3.63, 3.8) is 0 Å². The van der Waals surface area contributed by atoms with Crippen molar-refractivity contribution >= 4 is 17.0 Å². The minimum absolute atomic E-state index is 0.333. The van der Waals surface area contributed by atoms with E-state index in [1.165, 1.54) is 6.42 Å². The molecule has 1 aromatic heterocycles. The van der Waals surface area contributed by atoms with Crippen LogP contribution < -0.4 is 4.90 Å². The third-order valence-corrected chi connectivity index (χ3v) is 4.99. The van der Waals surface area contributed by atoms with E-state index in [1.54, 1.807) is 0 Å². The number of ether oxygens (including phenoxy) is 1. The average molecular weight is 333 g/mol. The summed E-state index contributed by atoms with van der Waals surface area (Å²) in [6, 6.07) is 7.71. The van der Waals surface area contributed by atoms with Crippen LogP contribution >= 0.6 is 0 Å². The minimum Gasteiger partial charge on any atom is -0.394 e. The molecule has 0 radical (unpaired) electrons. The predicted molar refractivity (Wildman–Crippen MR) is 88.8 cm³/mol. The van der Waals surface area contributed by atoms with Gasteiger partial charge in [0.1, 0.15) is 18.3 Å². The number of fused-ring (bicyclic) bond motifs is 1. The van der Waals surface area contributed by atoms with E-state index in [0.29, 0.717) is 0 Å². The van der Waals surface area contributed by atoms with Gasteiger partial charge in [-0.3, -0.25) is 4.57 Å². The smallest absolute Gasteiger partial charge is 0.208 e. The zero-order valence-corrected chi connectivity index (χ0v) is 13.5. The quantitative estimate of drug-likeness (QED) is 0.764. The molecule has 3 heterocycles. The molecule has 3 N–H and O–H groups in total. The van der Waals surface area contributed by atoms with E-state index in [4.69, 9.17) is 9.72 Å². The van der Waals surface area contributed by atoms with Crippen molar-refractivity contribution in [3.8, 4) is 0 Å². The van der Waals surface area contributed by atoms with Crippen LogP contribution in [0.1, 0.15) is 25.5 Å². The van der Waals surface area contributed by atoms with Crippen molar-refractivity contribution in [1.82, 2.24) is 9.55 Å². The number of imidazole rings is 1. The first kappa shape index (κ1) is 15.8. The Balaban J connectivity index is 1.80. The Morgan fingerprint density at radius 2 is 1.83 bits per heavy atom. The van der Waals surface area contributed by atoms with Gasteiger partial charge in [0.05, 0.1) is 17.6 Å². The third-order valence-electron chi connectivity index (χ3n) is 4.99. The monoisotopic (exact) mass is 333 g/mol. The standard InChI is InChI=1S/C17H23N3O4/c21-10-13-14(22)15(23)16(24-13)20-12-7-3-2-6-11(12)18-17(20)19-8-4-1-5-9-19/h2-3,6-7,13-16,21-23H,1,4-5,8-10H2/t13-,14-,15-,16-/m1/s1. The molecule has 0 bridgehead atoms. The van der Waals surface area contributed by atoms with Crippen molar-refractivity contribution in [1.29, 1.82) is 0 Å². The van der Waals surface area contributed by atoms with Crippen LogP contribution in [0.5, 0.6) is 0 Å². The molecule has 2 aliphatic heterocycles. The number of aromatic nitrogens is 2. The van der Waals surface area contributed by atoms with Crippen LogP contribution in [0.25, 0.3) is 11.0 Å². The molecule has 0 saturated carbocycles. The second-order valence-corrected chi connectivity index (χ2v) is 6.55. The molecule has 4 atom stereocenters. The van der Waals surface area contributed by atoms with E-state index in [2.05, 4.69) is 4.90 Å². The molecule has 0 aliphatic carbocycles. The molecule has 24 heavy (non-hydrogen) atoms. The Morgan fingerprint density at radius 1 is 1.08 bits per heavy atom. The highest BCUT2D eigenvalue weighted by molar-refractivity contribution is 5.79. The molecular weight excluding hydrogens is 310 g/mol. The Bertz CT molecular complexity index is 713. The topological polar surface area (TPSA) is 91.0 Å². The summed E-state index contributed by atoms with van der Waals surface area (Å²) in [5, 5.41) is 29.9. The fraction of sp³-hybridized carbons (Fsp3) is 0.588. The Labute approximate surface area is 140 Å². The minimum atomic E-state index is -1.12. The van der Waals surface area contributed by atoms with E-state index in [9.17, 15) is 15.3 Å². The zero-order valence-electron chi connectivity index (χ0n) is 13.5. The largest absolute Gasteiger partial charge is 0.394 e. The van der Waals surface area contributed by atoms with Crippen LogP contribution in [0, 0.1) is 0 Å². The van der Waals surface area contributed by atoms with Gasteiger partial charge in [-0.05, 0) is 31.4 Å². The van der Waals surface area contributed by atoms with Crippen LogP contribution in [0.2, 0.25) is 0 Å². The lowest BCUT2D eigenvalue weighted by Gasteiger charge is -2.30. The van der Waals surface area contributed by atoms with E-state index in [1.807, 2.05) is 28.8 Å². The molecular formula is C17H23N3O4. The zero-order chi connectivity index (χ0) is 16.7. The SMILES string of the molecule is OC[C@H]1O[C@@H](n2c(N3CCCCC3)nc3ccccc32)[C@H](O)[C@@H]1O. The fourth-order valence-corrected chi connectivity index (χ4v) is 3.69. The molecule has 2 fully saturated rings. The Kier molecular flexibility index (Phi) is 4.17. The van der Waals surface area contributed by atoms with Gasteiger partial charge in [0.15, 0.2) is 6.23 Å². The molecule has 4 rings (SSSR count). The summed E-state index contributed by atoms with van der Waals surface area (Å²) >= 11 is 0. The molecule has 0 unspecified atom stereocenters. The maximum atomic E-state index is 10.5. The lowest BCUT2D eigenvalue weighted by molar-refractivity contribution is -0.0502. The van der Waals surface area contributed by atoms with Gasteiger partial charge in [0.2, 0.25) is 5.95 Å². The van der Waals surface area contributed by atoms with E-state index >= 15 is 0 Å². The van der Waals surface area contributed by atoms with Gasteiger partial charge in [0.25, 0.3) is 0 Å². The van der Waals surface area contributed by atoms with Crippen molar-refractivity contribution in [2.75, 3.05) is 24.6 Å². The number of hydrogen-bond acceptors (Lipinski definition) is 6. The van der Waals surface area contributed by atoms with Gasteiger partial charge >= 0.3 is 0 Å². The van der Waals surface area contributed by atoms with Gasteiger partial charge in [-0.25, -0.2) is 4.98 Å². The molecule has 2 aromatic rings.